The summed E-state index contributed by atoms with van der Waals surface area (Å²) < 4.78 is 21.9. The van der Waals surface area contributed by atoms with Crippen LogP contribution in [0.5, 0.6) is 0 Å². The lowest BCUT2D eigenvalue weighted by Crippen LogP contribution is -2.37. The molecule has 0 saturated carbocycles. The average molecular weight is 579 g/mol. The molecule has 0 aromatic heterocycles. The van der Waals surface area contributed by atoms with E-state index >= 15 is 0 Å². The van der Waals surface area contributed by atoms with Crippen molar-refractivity contribution in [2.45, 2.75) is 124 Å². The van der Waals surface area contributed by atoms with E-state index in [9.17, 15) is 14.4 Å². The molecule has 0 amide bonds. The van der Waals surface area contributed by atoms with E-state index in [1.807, 2.05) is 12.2 Å². The molecule has 7 heteroatoms. The molecule has 0 radical (unpaired) electrons. The summed E-state index contributed by atoms with van der Waals surface area (Å²) in [6, 6.07) is 0. The van der Waals surface area contributed by atoms with Gasteiger partial charge in [0.05, 0.1) is 30.3 Å². The van der Waals surface area contributed by atoms with Crippen molar-refractivity contribution in [3.63, 3.8) is 0 Å². The fourth-order valence-corrected chi connectivity index (χ4v) is 5.56. The van der Waals surface area contributed by atoms with Gasteiger partial charge >= 0.3 is 11.9 Å². The van der Waals surface area contributed by atoms with Gasteiger partial charge in [-0.15, -0.1) is 0 Å². The standard InChI is InChI=1S/C34H58O7/c1-11-40-31(36)29-26(22-25(4)18-15-21-34(7,8)39-10)23-28(35)30(32(37)41-12-2)27(29)19-13-16-24(3)17-14-20-33(5,6)38-9/h13,19,24-26,29H,11-12,14-18,20-23H2,1-10H3/b19-13+/t24?,25?,26-,29+/m0/s1. The third kappa shape index (κ3) is 12.8. The first kappa shape index (κ1) is 37.0. The van der Waals surface area contributed by atoms with E-state index in [4.69, 9.17) is 18.9 Å². The molecule has 1 aliphatic rings. The largest absolute Gasteiger partial charge is 0.466 e. The Kier molecular flexibility index (Phi) is 16.1. The summed E-state index contributed by atoms with van der Waals surface area (Å²) in [7, 11) is 3.47. The number of hydrogen-bond donors (Lipinski definition) is 0. The summed E-state index contributed by atoms with van der Waals surface area (Å²) in [6.07, 6.45) is 11.3. The second-order valence-electron chi connectivity index (χ2n) is 13.0. The van der Waals surface area contributed by atoms with Gasteiger partial charge < -0.3 is 18.9 Å². The zero-order valence-electron chi connectivity index (χ0n) is 27.6. The summed E-state index contributed by atoms with van der Waals surface area (Å²) in [4.78, 5) is 39.8. The third-order valence-electron chi connectivity index (χ3n) is 8.44. The lowest BCUT2D eigenvalue weighted by molar-refractivity contribution is -0.149. The predicted molar refractivity (Wildman–Crippen MR) is 163 cm³/mol. The summed E-state index contributed by atoms with van der Waals surface area (Å²) in [5.41, 5.74) is 0.126. The molecule has 7 nitrogen and oxygen atoms in total. The fraction of sp³-hybridized carbons (Fsp3) is 0.794. The fourth-order valence-electron chi connectivity index (χ4n) is 5.56. The van der Waals surface area contributed by atoms with E-state index in [1.165, 1.54) is 0 Å². The summed E-state index contributed by atoms with van der Waals surface area (Å²) >= 11 is 0. The minimum absolute atomic E-state index is 0.00129. The number of carbonyl (C=O) groups is 3. The number of methoxy groups -OCH3 is 2. The van der Waals surface area contributed by atoms with Gasteiger partial charge in [0, 0.05) is 20.6 Å². The molecular weight excluding hydrogens is 520 g/mol. The Labute approximate surface area is 249 Å². The molecule has 1 rings (SSSR count). The second kappa shape index (κ2) is 17.8. The van der Waals surface area contributed by atoms with E-state index in [1.54, 1.807) is 28.1 Å². The van der Waals surface area contributed by atoms with Crippen molar-refractivity contribution >= 4 is 17.7 Å². The monoisotopic (exact) mass is 578 g/mol. The second-order valence-corrected chi connectivity index (χ2v) is 13.0. The number of ketones is 1. The van der Waals surface area contributed by atoms with Crippen LogP contribution < -0.4 is 0 Å². The summed E-state index contributed by atoms with van der Waals surface area (Å²) in [5.74, 6) is -1.52. The summed E-state index contributed by atoms with van der Waals surface area (Å²) in [6.45, 7) is 16.6. The first-order valence-electron chi connectivity index (χ1n) is 15.6. The number of carbonyl (C=O) groups excluding carboxylic acids is 3. The highest BCUT2D eigenvalue weighted by atomic mass is 16.5. The molecule has 4 atom stereocenters. The van der Waals surface area contributed by atoms with Crippen LogP contribution in [0.15, 0.2) is 23.3 Å². The Morgan fingerprint density at radius 2 is 1.44 bits per heavy atom. The number of rotatable bonds is 19. The van der Waals surface area contributed by atoms with Crippen molar-refractivity contribution in [3.8, 4) is 0 Å². The first-order chi connectivity index (χ1) is 19.2. The molecule has 236 valence electrons. The Morgan fingerprint density at radius 1 is 0.902 bits per heavy atom. The topological polar surface area (TPSA) is 88.1 Å². The smallest absolute Gasteiger partial charge is 0.342 e. The normalized spacial score (nSPS) is 19.9. The molecule has 0 spiro atoms. The van der Waals surface area contributed by atoms with Crippen molar-refractivity contribution in [2.24, 2.45) is 23.7 Å². The maximum atomic E-state index is 13.4. The molecule has 0 saturated heterocycles. The van der Waals surface area contributed by atoms with Crippen molar-refractivity contribution in [1.82, 2.24) is 0 Å². The van der Waals surface area contributed by atoms with Gasteiger partial charge in [0.15, 0.2) is 5.78 Å². The lowest BCUT2D eigenvalue weighted by atomic mass is 9.70. The van der Waals surface area contributed by atoms with Crippen molar-refractivity contribution in [2.75, 3.05) is 27.4 Å². The van der Waals surface area contributed by atoms with Crippen LogP contribution in [0.1, 0.15) is 113 Å². The molecule has 0 aliphatic heterocycles. The van der Waals surface area contributed by atoms with Gasteiger partial charge in [0.1, 0.15) is 5.57 Å². The van der Waals surface area contributed by atoms with Gasteiger partial charge in [0.25, 0.3) is 0 Å². The zero-order chi connectivity index (χ0) is 31.2. The molecule has 0 fully saturated rings. The van der Waals surface area contributed by atoms with E-state index in [2.05, 4.69) is 41.5 Å². The number of Topliss-reactive ketones (excluding diaryl/α,β-unsaturated/α-hetero) is 1. The highest BCUT2D eigenvalue weighted by molar-refractivity contribution is 6.19. The molecule has 0 heterocycles. The molecule has 0 N–H and O–H groups in total. The number of hydrogen-bond acceptors (Lipinski definition) is 7. The molecule has 0 bridgehead atoms. The first-order valence-corrected chi connectivity index (χ1v) is 15.6. The SMILES string of the molecule is CCOC(=O)C1=C(/C=C/CC(C)CCCC(C)(C)OC)[C@H](C(=O)OCC)[C@@H](CC(C)CCCC(C)(C)OC)CC1=O. The van der Waals surface area contributed by atoms with Crippen molar-refractivity contribution in [1.29, 1.82) is 0 Å². The summed E-state index contributed by atoms with van der Waals surface area (Å²) in [5, 5.41) is 0. The Morgan fingerprint density at radius 3 is 1.95 bits per heavy atom. The van der Waals surface area contributed by atoms with E-state index in [-0.39, 0.29) is 54.1 Å². The molecule has 41 heavy (non-hydrogen) atoms. The van der Waals surface area contributed by atoms with Crippen LogP contribution in [0, 0.1) is 23.7 Å². The van der Waals surface area contributed by atoms with Crippen molar-refractivity contribution < 1.29 is 33.3 Å². The minimum atomic E-state index is -0.681. The van der Waals surface area contributed by atoms with Gasteiger partial charge in [-0.2, -0.15) is 0 Å². The molecule has 0 aromatic rings. The Balaban J connectivity index is 3.22. The minimum Gasteiger partial charge on any atom is -0.466 e. The predicted octanol–water partition coefficient (Wildman–Crippen LogP) is 7.41. The van der Waals surface area contributed by atoms with Crippen LogP contribution >= 0.6 is 0 Å². The van der Waals surface area contributed by atoms with Gasteiger partial charge in [-0.05, 0) is 90.6 Å². The molecule has 2 unspecified atom stereocenters. The molecule has 1 aliphatic carbocycles. The molecule has 0 aromatic carbocycles. The van der Waals surface area contributed by atoms with E-state index in [0.717, 1.165) is 44.9 Å². The van der Waals surface area contributed by atoms with Crippen LogP contribution in [0.2, 0.25) is 0 Å². The number of esters is 2. The van der Waals surface area contributed by atoms with Crippen molar-refractivity contribution in [3.05, 3.63) is 23.3 Å². The Bertz CT molecular complexity index is 899. The highest BCUT2D eigenvalue weighted by Gasteiger charge is 2.43. The van der Waals surface area contributed by atoms with Crippen LogP contribution in [0.4, 0.5) is 0 Å². The molecular formula is C34H58O7. The number of ether oxygens (including phenoxy) is 4. The van der Waals surface area contributed by atoms with Crippen LogP contribution in [0.25, 0.3) is 0 Å². The maximum Gasteiger partial charge on any atom is 0.342 e. The van der Waals surface area contributed by atoms with Gasteiger partial charge in [-0.3, -0.25) is 9.59 Å². The number of allylic oxidation sites excluding steroid dienone is 2. The zero-order valence-corrected chi connectivity index (χ0v) is 27.6. The highest BCUT2D eigenvalue weighted by Crippen LogP contribution is 2.40. The Hall–Kier alpha value is -1.99. The third-order valence-corrected chi connectivity index (χ3v) is 8.44. The van der Waals surface area contributed by atoms with Gasteiger partial charge in [0.2, 0.25) is 0 Å². The maximum absolute atomic E-state index is 13.4. The average Bonchev–Trinajstić information content (AvgIpc) is 2.88. The van der Waals surface area contributed by atoms with E-state index < -0.39 is 11.9 Å². The van der Waals surface area contributed by atoms with Crippen LogP contribution in [-0.4, -0.2) is 56.4 Å². The van der Waals surface area contributed by atoms with E-state index in [0.29, 0.717) is 23.8 Å². The lowest BCUT2D eigenvalue weighted by Gasteiger charge is -2.33. The van der Waals surface area contributed by atoms with Crippen LogP contribution in [-0.2, 0) is 33.3 Å². The van der Waals surface area contributed by atoms with Gasteiger partial charge in [-0.1, -0.05) is 51.7 Å². The van der Waals surface area contributed by atoms with Gasteiger partial charge in [-0.25, -0.2) is 4.79 Å². The van der Waals surface area contributed by atoms with Crippen LogP contribution in [0.3, 0.4) is 0 Å². The quantitative estimate of drug-likeness (QED) is 0.116.